The minimum Gasteiger partial charge on any atom is -0.493 e. The Kier molecular flexibility index (Phi) is 5.30. The number of fused-ring (bicyclic) bond motifs is 8. The molecule has 5 heterocycles. The Balaban J connectivity index is 1.65. The van der Waals surface area contributed by atoms with Crippen LogP contribution in [0.2, 0.25) is 0 Å². The van der Waals surface area contributed by atoms with Crippen LogP contribution in [0.15, 0.2) is 54.6 Å². The van der Waals surface area contributed by atoms with Gasteiger partial charge in [0.2, 0.25) is 5.75 Å². The van der Waals surface area contributed by atoms with Gasteiger partial charge in [0, 0.05) is 27.6 Å². The van der Waals surface area contributed by atoms with Crippen molar-refractivity contribution in [1.29, 1.82) is 0 Å². The average molecular weight is 477 g/mol. The minimum absolute atomic E-state index is 0.555. The summed E-state index contributed by atoms with van der Waals surface area (Å²) in [6, 6.07) is 18.2. The first-order chi connectivity index (χ1) is 17.6. The molecule has 6 rings (SSSR count). The van der Waals surface area contributed by atoms with Gasteiger partial charge in [-0.05, 0) is 84.5 Å². The van der Waals surface area contributed by atoms with E-state index in [1.54, 1.807) is 21.3 Å². The van der Waals surface area contributed by atoms with Crippen molar-refractivity contribution in [3.8, 4) is 28.4 Å². The van der Waals surface area contributed by atoms with Crippen molar-refractivity contribution < 1.29 is 14.2 Å². The number of nitrogens with one attached hydrogen (secondary N) is 2. The molecule has 0 radical (unpaired) electrons. The first kappa shape index (κ1) is 21.7. The molecule has 0 fully saturated rings. The van der Waals surface area contributed by atoms with Gasteiger partial charge in [0.25, 0.3) is 0 Å². The molecule has 1 aromatic carbocycles. The van der Waals surface area contributed by atoms with Gasteiger partial charge >= 0.3 is 0 Å². The molecule has 2 aliphatic rings. The summed E-state index contributed by atoms with van der Waals surface area (Å²) in [5, 5.41) is 0. The van der Waals surface area contributed by atoms with Crippen LogP contribution < -0.4 is 14.2 Å². The van der Waals surface area contributed by atoms with Crippen molar-refractivity contribution in [2.24, 2.45) is 0 Å². The molecule has 3 aromatic heterocycles. The van der Waals surface area contributed by atoms with Crippen LogP contribution in [0.5, 0.6) is 17.2 Å². The fourth-order valence-electron chi connectivity index (χ4n) is 4.49. The Labute approximate surface area is 207 Å². The van der Waals surface area contributed by atoms with E-state index in [0.717, 1.165) is 56.0 Å². The van der Waals surface area contributed by atoms with E-state index in [-0.39, 0.29) is 0 Å². The Morgan fingerprint density at radius 2 is 1.14 bits per heavy atom. The third-order valence-electron chi connectivity index (χ3n) is 6.14. The molecule has 0 aliphatic carbocycles. The zero-order valence-corrected chi connectivity index (χ0v) is 20.1. The van der Waals surface area contributed by atoms with Crippen LogP contribution in [0, 0.1) is 0 Å². The van der Waals surface area contributed by atoms with Gasteiger partial charge in [-0.3, -0.25) is 0 Å². The highest BCUT2D eigenvalue weighted by molar-refractivity contribution is 5.89. The number of rotatable bonds is 4. The smallest absolute Gasteiger partial charge is 0.203 e. The summed E-state index contributed by atoms with van der Waals surface area (Å²) in [4.78, 5) is 16.5. The van der Waals surface area contributed by atoms with Gasteiger partial charge < -0.3 is 24.2 Å². The van der Waals surface area contributed by atoms with E-state index in [4.69, 9.17) is 19.2 Å². The normalized spacial score (nSPS) is 12.1. The average Bonchev–Trinajstić information content (AvgIpc) is 3.68. The Morgan fingerprint density at radius 3 is 1.75 bits per heavy atom. The summed E-state index contributed by atoms with van der Waals surface area (Å²) in [6.07, 6.45) is 8.00. The monoisotopic (exact) mass is 476 g/mol. The van der Waals surface area contributed by atoms with Gasteiger partial charge in [-0.2, -0.15) is 0 Å². The third-order valence-corrected chi connectivity index (χ3v) is 6.14. The number of hydrogen-bond donors (Lipinski definition) is 2. The molecular formula is C29H24N4O3. The molecule has 0 amide bonds. The highest BCUT2D eigenvalue weighted by Crippen LogP contribution is 2.42. The molecule has 4 aromatic rings. The molecule has 36 heavy (non-hydrogen) atoms. The zero-order valence-electron chi connectivity index (χ0n) is 20.1. The van der Waals surface area contributed by atoms with Crippen molar-refractivity contribution in [3.05, 3.63) is 77.4 Å². The Bertz CT molecular complexity index is 1680. The summed E-state index contributed by atoms with van der Waals surface area (Å²) >= 11 is 0. The van der Waals surface area contributed by atoms with E-state index >= 15 is 0 Å². The van der Waals surface area contributed by atoms with Crippen molar-refractivity contribution in [1.82, 2.24) is 19.9 Å². The summed E-state index contributed by atoms with van der Waals surface area (Å²) in [6.45, 7) is 0. The van der Waals surface area contributed by atoms with E-state index in [1.165, 1.54) is 0 Å². The fraction of sp³-hybridized carbons (Fsp3) is 0.103. The molecule has 0 unspecified atom stereocenters. The molecule has 0 spiro atoms. The maximum Gasteiger partial charge on any atom is 0.203 e. The van der Waals surface area contributed by atoms with Crippen LogP contribution >= 0.6 is 0 Å². The summed E-state index contributed by atoms with van der Waals surface area (Å²) < 4.78 is 16.7. The topological polar surface area (TPSA) is 85.1 Å². The quantitative estimate of drug-likeness (QED) is 0.310. The highest BCUT2D eigenvalue weighted by atomic mass is 16.5. The molecule has 0 saturated heterocycles. The lowest BCUT2D eigenvalue weighted by Crippen LogP contribution is -1.95. The van der Waals surface area contributed by atoms with E-state index in [2.05, 4.69) is 27.1 Å². The van der Waals surface area contributed by atoms with Gasteiger partial charge in [0.15, 0.2) is 11.5 Å². The van der Waals surface area contributed by atoms with Crippen LogP contribution in [-0.4, -0.2) is 41.3 Å². The van der Waals surface area contributed by atoms with Crippen molar-refractivity contribution in [3.63, 3.8) is 0 Å². The van der Waals surface area contributed by atoms with E-state index in [0.29, 0.717) is 17.2 Å². The van der Waals surface area contributed by atoms with E-state index in [9.17, 15) is 0 Å². The van der Waals surface area contributed by atoms with Crippen molar-refractivity contribution >= 4 is 46.4 Å². The van der Waals surface area contributed by atoms with Gasteiger partial charge in [-0.15, -0.1) is 0 Å². The predicted molar refractivity (Wildman–Crippen MR) is 144 cm³/mol. The second-order valence-corrected chi connectivity index (χ2v) is 8.50. The third kappa shape index (κ3) is 4.01. The van der Waals surface area contributed by atoms with Crippen molar-refractivity contribution in [2.75, 3.05) is 21.3 Å². The second kappa shape index (κ2) is 8.78. The Morgan fingerprint density at radius 1 is 0.556 bits per heavy atom. The summed E-state index contributed by atoms with van der Waals surface area (Å²) in [5.41, 5.74) is 9.19. The SMILES string of the molecule is COc1cc(-c2cc3cc4ccc(cc5nc(cc6nc(cc2[nH]3)C=C6)C=C5)[nH]4)cc(OC)c1OC. The number of ether oxygens (including phenoxy) is 3. The maximum atomic E-state index is 5.60. The van der Waals surface area contributed by atoms with Crippen molar-refractivity contribution in [2.45, 2.75) is 0 Å². The standard InChI is InChI=1S/C29H24N4O3/c1-34-27-10-17(11-28(35-2)29(27)36-3)25-15-24-14-22-7-6-20(31-22)12-18-4-5-19(30-18)13-21-8-9-23(32-21)16-26(25)33-24/h4-16,31,33H,1-3H3. The van der Waals surface area contributed by atoms with E-state index in [1.807, 2.05) is 66.8 Å². The molecule has 8 bridgehead atoms. The van der Waals surface area contributed by atoms with Crippen LogP contribution in [0.3, 0.4) is 0 Å². The molecule has 0 saturated carbocycles. The predicted octanol–water partition coefficient (Wildman–Crippen LogP) is 6.35. The highest BCUT2D eigenvalue weighted by Gasteiger charge is 2.16. The molecule has 7 heteroatoms. The van der Waals surface area contributed by atoms with Crippen LogP contribution in [0.1, 0.15) is 22.8 Å². The van der Waals surface area contributed by atoms with Gasteiger partial charge in [-0.1, -0.05) is 0 Å². The maximum absolute atomic E-state index is 5.60. The number of benzene rings is 1. The lowest BCUT2D eigenvalue weighted by Gasteiger charge is -2.13. The molecule has 0 atom stereocenters. The lowest BCUT2D eigenvalue weighted by atomic mass is 10.1. The largest absolute Gasteiger partial charge is 0.493 e. The lowest BCUT2D eigenvalue weighted by molar-refractivity contribution is 0.324. The van der Waals surface area contributed by atoms with Crippen LogP contribution in [0.4, 0.5) is 0 Å². The number of nitrogens with zero attached hydrogens (tertiary/aromatic N) is 2. The number of aromatic nitrogens is 4. The number of aromatic amines is 2. The summed E-state index contributed by atoms with van der Waals surface area (Å²) in [5.74, 6) is 1.74. The number of H-pyrrole nitrogens is 2. The molecule has 7 nitrogen and oxygen atoms in total. The zero-order chi connectivity index (χ0) is 24.6. The first-order valence-electron chi connectivity index (χ1n) is 11.5. The number of hydrogen-bond acceptors (Lipinski definition) is 5. The first-order valence-corrected chi connectivity index (χ1v) is 11.5. The fourth-order valence-corrected chi connectivity index (χ4v) is 4.49. The van der Waals surface area contributed by atoms with Crippen LogP contribution in [0.25, 0.3) is 57.5 Å². The second-order valence-electron chi connectivity index (χ2n) is 8.50. The van der Waals surface area contributed by atoms with Gasteiger partial charge in [0.1, 0.15) is 0 Å². The molecular weight excluding hydrogens is 452 g/mol. The molecule has 178 valence electrons. The molecule has 2 N–H and O–H groups in total. The molecule has 2 aliphatic heterocycles. The minimum atomic E-state index is 0.555. The van der Waals surface area contributed by atoms with E-state index < -0.39 is 0 Å². The van der Waals surface area contributed by atoms with Gasteiger partial charge in [0.05, 0.1) is 44.1 Å². The summed E-state index contributed by atoms with van der Waals surface area (Å²) in [7, 11) is 4.84. The number of methoxy groups -OCH3 is 3. The van der Waals surface area contributed by atoms with Gasteiger partial charge in [-0.25, -0.2) is 9.97 Å². The van der Waals surface area contributed by atoms with Crippen LogP contribution in [-0.2, 0) is 0 Å². The Hall–Kier alpha value is -4.78.